The zero-order chi connectivity index (χ0) is 21.2. The van der Waals surface area contributed by atoms with Crippen molar-refractivity contribution in [3.8, 4) is 5.75 Å². The lowest BCUT2D eigenvalue weighted by atomic mass is 10.2. The maximum atomic E-state index is 12.2. The van der Waals surface area contributed by atoms with E-state index in [0.29, 0.717) is 17.9 Å². The fourth-order valence-corrected chi connectivity index (χ4v) is 3.49. The lowest BCUT2D eigenvalue weighted by Gasteiger charge is -2.29. The highest BCUT2D eigenvalue weighted by molar-refractivity contribution is 5.85. The zero-order valence-electron chi connectivity index (χ0n) is 16.8. The highest BCUT2D eigenvalue weighted by Gasteiger charge is 2.24. The molecule has 0 saturated carbocycles. The van der Waals surface area contributed by atoms with Crippen molar-refractivity contribution >= 4 is 18.1 Å². The number of hydrogen-bond acceptors (Lipinski definition) is 5. The second kappa shape index (κ2) is 11.1. The van der Waals surface area contributed by atoms with Gasteiger partial charge in [0.2, 0.25) is 0 Å². The normalized spacial score (nSPS) is 18.8. The summed E-state index contributed by atoms with van der Waals surface area (Å²) < 4.78 is 5.16. The molecule has 8 nitrogen and oxygen atoms in total. The second-order valence-electron chi connectivity index (χ2n) is 7.33. The van der Waals surface area contributed by atoms with Crippen molar-refractivity contribution in [1.82, 2.24) is 5.43 Å². The van der Waals surface area contributed by atoms with E-state index in [1.165, 1.54) is 21.6 Å². The van der Waals surface area contributed by atoms with Crippen LogP contribution in [0.1, 0.15) is 11.1 Å². The third-order valence-corrected chi connectivity index (χ3v) is 5.03. The number of quaternary nitrogens is 2. The first-order valence-corrected chi connectivity index (χ1v) is 10.0. The van der Waals surface area contributed by atoms with Gasteiger partial charge in [-0.3, -0.25) is 4.79 Å². The van der Waals surface area contributed by atoms with E-state index in [9.17, 15) is 14.7 Å². The third kappa shape index (κ3) is 6.98. The molecule has 1 amide bonds. The van der Waals surface area contributed by atoms with Crippen LogP contribution in [-0.4, -0.2) is 57.4 Å². The number of aliphatic carboxylic acids is 1. The molecule has 0 unspecified atom stereocenters. The van der Waals surface area contributed by atoms with Gasteiger partial charge >= 0.3 is 0 Å². The van der Waals surface area contributed by atoms with Crippen molar-refractivity contribution in [3.05, 3.63) is 65.7 Å². The smallest absolute Gasteiger partial charge is 0.295 e. The summed E-state index contributed by atoms with van der Waals surface area (Å²) in [5, 5.41) is 14.5. The standard InChI is InChI=1S/C22H26N4O4/c27-21(24-23-14-19-8-4-5-9-20(19)30-17-22(28)29)16-26-12-10-25(11-13-26)15-18-6-2-1-3-7-18/h1-9,14H,10-13,15-17H2,(H,24,27)(H,28,29)/p+1/b23-14-. The molecule has 0 radical (unpaired) electrons. The van der Waals surface area contributed by atoms with Gasteiger partial charge in [-0.05, 0) is 12.1 Å². The Morgan fingerprint density at radius 1 is 1.00 bits per heavy atom. The van der Waals surface area contributed by atoms with E-state index in [-0.39, 0.29) is 5.91 Å². The van der Waals surface area contributed by atoms with Gasteiger partial charge in [-0.1, -0.05) is 42.5 Å². The molecule has 3 N–H and O–H groups in total. The number of piperazine rings is 1. The zero-order valence-corrected chi connectivity index (χ0v) is 16.8. The number of ether oxygens (including phenoxy) is 1. The summed E-state index contributed by atoms with van der Waals surface area (Å²) in [4.78, 5) is 25.5. The van der Waals surface area contributed by atoms with Gasteiger partial charge in [0.05, 0.1) is 12.2 Å². The number of carbonyl (C=O) groups is 2. The van der Waals surface area contributed by atoms with Gasteiger partial charge in [0.15, 0.2) is 6.54 Å². The van der Waals surface area contributed by atoms with Gasteiger partial charge in [-0.15, -0.1) is 0 Å². The monoisotopic (exact) mass is 411 g/mol. The first-order valence-electron chi connectivity index (χ1n) is 10.0. The lowest BCUT2D eigenvalue weighted by Crippen LogP contribution is -3.28. The number of nitrogens with one attached hydrogen (secondary N) is 3. The van der Waals surface area contributed by atoms with Gasteiger partial charge in [0, 0.05) is 11.1 Å². The number of carbonyl (C=O) groups excluding carboxylic acids is 2. The summed E-state index contributed by atoms with van der Waals surface area (Å²) in [6.45, 7) is 4.80. The molecule has 1 fully saturated rings. The fourth-order valence-electron chi connectivity index (χ4n) is 3.49. The molecule has 1 heterocycles. The van der Waals surface area contributed by atoms with E-state index in [2.05, 4.69) is 34.8 Å². The summed E-state index contributed by atoms with van der Waals surface area (Å²) >= 11 is 0. The van der Waals surface area contributed by atoms with Crippen LogP contribution in [0.3, 0.4) is 0 Å². The number of carboxylic acid groups (broad SMARTS) is 1. The molecule has 0 aliphatic carbocycles. The fraction of sp³-hybridized carbons (Fsp3) is 0.318. The van der Waals surface area contributed by atoms with Gasteiger partial charge in [0.25, 0.3) is 5.91 Å². The van der Waals surface area contributed by atoms with Crippen LogP contribution < -0.4 is 25.1 Å². The molecular formula is C22H27N4O4+. The van der Waals surface area contributed by atoms with E-state index in [4.69, 9.17) is 4.74 Å². The van der Waals surface area contributed by atoms with Crippen LogP contribution in [0.4, 0.5) is 0 Å². The van der Waals surface area contributed by atoms with Crippen LogP contribution in [0.2, 0.25) is 0 Å². The number of benzene rings is 2. The van der Waals surface area contributed by atoms with Crippen molar-refractivity contribution < 1.29 is 29.2 Å². The van der Waals surface area contributed by atoms with E-state index >= 15 is 0 Å². The van der Waals surface area contributed by atoms with Gasteiger partial charge in [-0.25, -0.2) is 5.43 Å². The lowest BCUT2D eigenvalue weighted by molar-refractivity contribution is -1.02. The molecule has 0 atom stereocenters. The highest BCUT2D eigenvalue weighted by atomic mass is 16.5. The summed E-state index contributed by atoms with van der Waals surface area (Å²) in [6, 6.07) is 17.3. The summed E-state index contributed by atoms with van der Waals surface area (Å²) in [6.07, 6.45) is 1.44. The molecule has 8 heteroatoms. The Morgan fingerprint density at radius 3 is 2.40 bits per heavy atom. The Bertz CT molecular complexity index is 864. The van der Waals surface area contributed by atoms with Gasteiger partial charge in [0.1, 0.15) is 45.1 Å². The molecule has 158 valence electrons. The molecule has 2 aromatic carbocycles. The topological polar surface area (TPSA) is 99.7 Å². The Balaban J connectivity index is 1.41. The average molecular weight is 411 g/mol. The van der Waals surface area contributed by atoms with Crippen molar-refractivity contribution in [3.63, 3.8) is 0 Å². The minimum absolute atomic E-state index is 0.152. The second-order valence-corrected chi connectivity index (χ2v) is 7.33. The van der Waals surface area contributed by atoms with Crippen molar-refractivity contribution in [2.75, 3.05) is 39.3 Å². The quantitative estimate of drug-likeness (QED) is 0.308. The molecular weight excluding hydrogens is 384 g/mol. The number of hydrogen-bond donors (Lipinski definition) is 3. The molecule has 0 aromatic heterocycles. The van der Waals surface area contributed by atoms with Gasteiger partial charge < -0.3 is 24.4 Å². The number of carboxylic acids is 1. The molecule has 1 aliphatic rings. The number of hydrazone groups is 1. The average Bonchev–Trinajstić information content (AvgIpc) is 2.75. The Morgan fingerprint density at radius 2 is 1.67 bits per heavy atom. The number of nitrogens with zero attached hydrogens (tertiary/aromatic N) is 1. The van der Waals surface area contributed by atoms with Crippen LogP contribution in [0.15, 0.2) is 59.7 Å². The molecule has 1 aliphatic heterocycles. The van der Waals surface area contributed by atoms with Crippen LogP contribution in [0, 0.1) is 0 Å². The first-order chi connectivity index (χ1) is 14.6. The van der Waals surface area contributed by atoms with Crippen molar-refractivity contribution in [2.24, 2.45) is 5.10 Å². The summed E-state index contributed by atoms with van der Waals surface area (Å²) in [5.41, 5.74) is 4.45. The van der Waals surface area contributed by atoms with E-state index < -0.39 is 12.6 Å². The number of amides is 1. The van der Waals surface area contributed by atoms with Gasteiger partial charge in [-0.2, -0.15) is 5.10 Å². The molecule has 0 spiro atoms. The molecule has 0 bridgehead atoms. The SMILES string of the molecule is O=C([O-])COc1ccccc1/C=N\NC(=O)C[NH+]1CC[NH+](Cc2ccccc2)CC1. The predicted octanol–water partition coefficient (Wildman–Crippen LogP) is -2.75. The third-order valence-electron chi connectivity index (χ3n) is 5.03. The predicted molar refractivity (Wildman–Crippen MR) is 109 cm³/mol. The van der Waals surface area contributed by atoms with E-state index in [0.717, 1.165) is 32.7 Å². The molecule has 3 rings (SSSR count). The Labute approximate surface area is 175 Å². The highest BCUT2D eigenvalue weighted by Crippen LogP contribution is 2.15. The van der Waals surface area contributed by atoms with Crippen LogP contribution in [0.5, 0.6) is 5.75 Å². The molecule has 30 heavy (non-hydrogen) atoms. The van der Waals surface area contributed by atoms with Crippen LogP contribution in [-0.2, 0) is 16.1 Å². The summed E-state index contributed by atoms with van der Waals surface area (Å²) in [7, 11) is 0. The number of para-hydroxylation sites is 1. The molecule has 1 saturated heterocycles. The molecule has 2 aromatic rings. The maximum Gasteiger partial charge on any atom is 0.295 e. The summed E-state index contributed by atoms with van der Waals surface area (Å²) in [5.74, 6) is -1.09. The first kappa shape index (κ1) is 21.5. The number of rotatable bonds is 9. The Hall–Kier alpha value is -3.23. The minimum atomic E-state index is -1.30. The Kier molecular flexibility index (Phi) is 7.94. The largest absolute Gasteiger partial charge is 0.546 e. The van der Waals surface area contributed by atoms with Crippen molar-refractivity contribution in [1.29, 1.82) is 0 Å². The maximum absolute atomic E-state index is 12.2. The minimum Gasteiger partial charge on any atom is -0.546 e. The van der Waals surface area contributed by atoms with Crippen molar-refractivity contribution in [2.45, 2.75) is 6.54 Å². The van der Waals surface area contributed by atoms with E-state index in [1.807, 2.05) is 6.07 Å². The van der Waals surface area contributed by atoms with E-state index in [1.54, 1.807) is 24.3 Å². The van der Waals surface area contributed by atoms with Crippen LogP contribution >= 0.6 is 0 Å². The van der Waals surface area contributed by atoms with Crippen LogP contribution in [0.25, 0.3) is 0 Å².